The van der Waals surface area contributed by atoms with Crippen molar-refractivity contribution in [2.24, 2.45) is 11.7 Å². The number of nitrogens with zero attached hydrogens (tertiary/aromatic N) is 1. The first kappa shape index (κ1) is 21.1. The molecule has 1 amide bonds. The van der Waals surface area contributed by atoms with Crippen molar-refractivity contribution in [1.29, 1.82) is 0 Å². The van der Waals surface area contributed by atoms with Crippen molar-refractivity contribution in [2.45, 2.75) is 6.92 Å². The number of nitrogens with one attached hydrogen (secondary N) is 1. The largest absolute Gasteiger partial charge is 0.350 e. The molecule has 1 unspecified atom stereocenters. The average Bonchev–Trinajstić information content (AvgIpc) is 2.95. The lowest BCUT2D eigenvalue weighted by atomic mass is 10.2. The maximum absolute atomic E-state index is 11.9. The number of thiazole rings is 1. The first-order chi connectivity index (χ1) is 9.60. The topological polar surface area (TPSA) is 68.0 Å². The number of nitrogens with two attached hydrogens (primary N) is 1. The molecule has 0 aliphatic heterocycles. The molecule has 3 N–H and O–H groups in total. The van der Waals surface area contributed by atoms with Gasteiger partial charge in [0.15, 0.2) is 0 Å². The molecule has 0 saturated carbocycles. The fourth-order valence-corrected chi connectivity index (χ4v) is 2.48. The Bertz CT molecular complexity index is 589. The van der Waals surface area contributed by atoms with Gasteiger partial charge in [-0.25, -0.2) is 4.98 Å². The number of benzene rings is 1. The van der Waals surface area contributed by atoms with Crippen LogP contribution in [0.1, 0.15) is 17.4 Å². The molecule has 122 valence electrons. The highest BCUT2D eigenvalue weighted by Gasteiger charge is 2.12. The molecular weight excluding hydrogens is 365 g/mol. The highest BCUT2D eigenvalue weighted by atomic mass is 35.5. The molecule has 0 aliphatic carbocycles. The Morgan fingerprint density at radius 2 is 2.00 bits per heavy atom. The van der Waals surface area contributed by atoms with Crippen LogP contribution in [0.15, 0.2) is 29.6 Å². The average molecular weight is 383 g/mol. The summed E-state index contributed by atoms with van der Waals surface area (Å²) in [6.07, 6.45) is 0. The molecule has 1 atom stereocenters. The summed E-state index contributed by atoms with van der Waals surface area (Å²) in [4.78, 5) is 16.3. The van der Waals surface area contributed by atoms with Crippen LogP contribution >= 0.6 is 47.8 Å². The van der Waals surface area contributed by atoms with E-state index in [1.165, 1.54) is 11.3 Å². The second kappa shape index (κ2) is 10.0. The third-order valence-electron chi connectivity index (χ3n) is 2.84. The molecule has 1 aromatic carbocycles. The van der Waals surface area contributed by atoms with E-state index in [0.717, 1.165) is 10.6 Å². The van der Waals surface area contributed by atoms with Crippen molar-refractivity contribution in [2.75, 3.05) is 13.1 Å². The number of carbonyl (C=O) groups is 1. The normalized spacial score (nSPS) is 11.0. The van der Waals surface area contributed by atoms with Gasteiger partial charge in [0, 0.05) is 22.5 Å². The molecule has 2 aromatic rings. The van der Waals surface area contributed by atoms with E-state index in [1.807, 2.05) is 19.1 Å². The zero-order valence-corrected chi connectivity index (χ0v) is 15.1. The molecule has 4 nitrogen and oxygen atoms in total. The van der Waals surface area contributed by atoms with Gasteiger partial charge >= 0.3 is 0 Å². The second-order valence-electron chi connectivity index (χ2n) is 4.60. The van der Waals surface area contributed by atoms with Crippen LogP contribution in [-0.2, 0) is 0 Å². The monoisotopic (exact) mass is 381 g/mol. The van der Waals surface area contributed by atoms with E-state index < -0.39 is 0 Å². The summed E-state index contributed by atoms with van der Waals surface area (Å²) in [5, 5.41) is 6.07. The molecule has 2 rings (SSSR count). The summed E-state index contributed by atoms with van der Waals surface area (Å²) in [6, 6.07) is 7.39. The Morgan fingerprint density at radius 3 is 2.59 bits per heavy atom. The highest BCUT2D eigenvalue weighted by molar-refractivity contribution is 7.13. The van der Waals surface area contributed by atoms with E-state index in [0.29, 0.717) is 23.8 Å². The highest BCUT2D eigenvalue weighted by Crippen LogP contribution is 2.25. The predicted octanol–water partition coefficient (Wildman–Crippen LogP) is 3.63. The summed E-state index contributed by atoms with van der Waals surface area (Å²) in [5.74, 6) is 0.0927. The van der Waals surface area contributed by atoms with E-state index >= 15 is 0 Å². The maximum atomic E-state index is 11.9. The van der Waals surface area contributed by atoms with Crippen molar-refractivity contribution < 1.29 is 4.79 Å². The van der Waals surface area contributed by atoms with Crippen molar-refractivity contribution in [3.05, 3.63) is 40.4 Å². The van der Waals surface area contributed by atoms with E-state index in [2.05, 4.69) is 10.3 Å². The third kappa shape index (κ3) is 5.74. The number of halogens is 3. The Labute approximate surface area is 151 Å². The molecule has 22 heavy (non-hydrogen) atoms. The minimum atomic E-state index is -0.165. The van der Waals surface area contributed by atoms with Gasteiger partial charge in [0.05, 0.1) is 0 Å². The number of aromatic nitrogens is 1. The zero-order chi connectivity index (χ0) is 14.5. The fraction of sp³-hybridized carbons (Fsp3) is 0.286. The lowest BCUT2D eigenvalue weighted by Crippen LogP contribution is -2.31. The van der Waals surface area contributed by atoms with Crippen LogP contribution in [0.3, 0.4) is 0 Å². The van der Waals surface area contributed by atoms with Crippen LogP contribution in [0, 0.1) is 5.92 Å². The quantitative estimate of drug-likeness (QED) is 0.829. The summed E-state index contributed by atoms with van der Waals surface area (Å²) in [7, 11) is 0. The molecule has 0 radical (unpaired) electrons. The number of hydrogen-bond donors (Lipinski definition) is 2. The number of carbonyl (C=O) groups excluding carboxylic acids is 1. The molecule has 0 saturated heterocycles. The van der Waals surface area contributed by atoms with Crippen molar-refractivity contribution in [1.82, 2.24) is 10.3 Å². The molecule has 0 fully saturated rings. The van der Waals surface area contributed by atoms with Gasteiger partial charge in [-0.2, -0.15) is 0 Å². The van der Waals surface area contributed by atoms with Crippen LogP contribution in [0.25, 0.3) is 10.6 Å². The van der Waals surface area contributed by atoms with E-state index in [1.54, 1.807) is 17.5 Å². The number of hydrogen-bond acceptors (Lipinski definition) is 4. The first-order valence-corrected chi connectivity index (χ1v) is 7.55. The van der Waals surface area contributed by atoms with Crippen LogP contribution in [-0.4, -0.2) is 24.0 Å². The Kier molecular flexibility index (Phi) is 9.64. The minimum Gasteiger partial charge on any atom is -0.350 e. The zero-order valence-electron chi connectivity index (χ0n) is 11.9. The predicted molar refractivity (Wildman–Crippen MR) is 97.6 cm³/mol. The minimum absolute atomic E-state index is 0. The molecule has 0 aliphatic rings. The molecular formula is C14H18Cl3N3OS. The van der Waals surface area contributed by atoms with Gasteiger partial charge < -0.3 is 11.1 Å². The molecule has 1 aromatic heterocycles. The van der Waals surface area contributed by atoms with Crippen LogP contribution in [0.4, 0.5) is 0 Å². The van der Waals surface area contributed by atoms with Gasteiger partial charge in [-0.15, -0.1) is 36.2 Å². The van der Waals surface area contributed by atoms with Gasteiger partial charge in [0.1, 0.15) is 10.7 Å². The van der Waals surface area contributed by atoms with Gasteiger partial charge in [-0.05, 0) is 24.6 Å². The van der Waals surface area contributed by atoms with Crippen molar-refractivity contribution >= 4 is 53.7 Å². The Morgan fingerprint density at radius 1 is 1.36 bits per heavy atom. The van der Waals surface area contributed by atoms with Crippen LogP contribution in [0.5, 0.6) is 0 Å². The first-order valence-electron chi connectivity index (χ1n) is 6.30. The van der Waals surface area contributed by atoms with E-state index in [4.69, 9.17) is 17.3 Å². The summed E-state index contributed by atoms with van der Waals surface area (Å²) >= 11 is 7.29. The van der Waals surface area contributed by atoms with Crippen LogP contribution < -0.4 is 11.1 Å². The number of rotatable bonds is 5. The van der Waals surface area contributed by atoms with Gasteiger partial charge in [0.25, 0.3) is 5.91 Å². The van der Waals surface area contributed by atoms with E-state index in [-0.39, 0.29) is 36.6 Å². The van der Waals surface area contributed by atoms with Gasteiger partial charge in [0.2, 0.25) is 0 Å². The fourth-order valence-electron chi connectivity index (χ4n) is 1.54. The van der Waals surface area contributed by atoms with Gasteiger partial charge in [-0.1, -0.05) is 30.7 Å². The van der Waals surface area contributed by atoms with Crippen molar-refractivity contribution in [3.8, 4) is 10.6 Å². The molecule has 8 heteroatoms. The SMILES string of the molecule is CC(CN)CNC(=O)c1csc(-c2ccc(Cl)cc2)n1.Cl.Cl. The second-order valence-corrected chi connectivity index (χ2v) is 5.89. The molecule has 0 bridgehead atoms. The Balaban J connectivity index is 0.00000220. The maximum Gasteiger partial charge on any atom is 0.270 e. The third-order valence-corrected chi connectivity index (χ3v) is 3.98. The molecule has 0 spiro atoms. The lowest BCUT2D eigenvalue weighted by molar-refractivity contribution is 0.0944. The Hall–Kier alpha value is -0.850. The summed E-state index contributed by atoms with van der Waals surface area (Å²) in [5.41, 5.74) is 6.90. The van der Waals surface area contributed by atoms with E-state index in [9.17, 15) is 4.79 Å². The number of amides is 1. The van der Waals surface area contributed by atoms with Crippen molar-refractivity contribution in [3.63, 3.8) is 0 Å². The van der Waals surface area contributed by atoms with Crippen LogP contribution in [0.2, 0.25) is 5.02 Å². The lowest BCUT2D eigenvalue weighted by Gasteiger charge is -2.08. The smallest absolute Gasteiger partial charge is 0.270 e. The summed E-state index contributed by atoms with van der Waals surface area (Å²) < 4.78 is 0. The molecule has 1 heterocycles. The summed E-state index contributed by atoms with van der Waals surface area (Å²) in [6.45, 7) is 3.09. The standard InChI is InChI=1S/C14H16ClN3OS.2ClH/c1-9(6-16)7-17-13(19)12-8-20-14(18-12)10-2-4-11(15)5-3-10;;/h2-5,8-9H,6-7,16H2,1H3,(H,17,19);2*1H. The van der Waals surface area contributed by atoms with Gasteiger partial charge in [-0.3, -0.25) is 4.79 Å².